The van der Waals surface area contributed by atoms with Crippen LogP contribution in [-0.4, -0.2) is 12.6 Å². The van der Waals surface area contributed by atoms with Gasteiger partial charge in [-0.25, -0.2) is 4.79 Å². The summed E-state index contributed by atoms with van der Waals surface area (Å²) in [7, 11) is 0. The van der Waals surface area contributed by atoms with E-state index in [1.54, 1.807) is 25.1 Å². The number of nitrogens with two attached hydrogens (primary N) is 1. The first-order valence-electron chi connectivity index (χ1n) is 4.34. The van der Waals surface area contributed by atoms with E-state index in [4.69, 9.17) is 22.1 Å². The van der Waals surface area contributed by atoms with Crippen molar-refractivity contribution in [2.75, 3.05) is 6.61 Å². The average molecular weight is 214 g/mol. The minimum Gasteiger partial charge on any atom is -0.462 e. The van der Waals surface area contributed by atoms with Gasteiger partial charge in [0.25, 0.3) is 0 Å². The molecule has 3 nitrogen and oxygen atoms in total. The third-order valence-electron chi connectivity index (χ3n) is 1.78. The van der Waals surface area contributed by atoms with Gasteiger partial charge < -0.3 is 10.5 Å². The maximum absolute atomic E-state index is 11.3. The fourth-order valence-electron chi connectivity index (χ4n) is 1.05. The molecule has 0 aromatic heterocycles. The predicted octanol–water partition coefficient (Wildman–Crippen LogP) is 1.98. The summed E-state index contributed by atoms with van der Waals surface area (Å²) in [6.07, 6.45) is 0. The Morgan fingerprint density at radius 2 is 2.29 bits per heavy atom. The first-order chi connectivity index (χ1) is 6.69. The van der Waals surface area contributed by atoms with Gasteiger partial charge in [-0.1, -0.05) is 17.7 Å². The molecule has 1 rings (SSSR count). The van der Waals surface area contributed by atoms with Gasteiger partial charge in [0.1, 0.15) is 0 Å². The molecule has 14 heavy (non-hydrogen) atoms. The Labute approximate surface area is 87.8 Å². The lowest BCUT2D eigenvalue weighted by Crippen LogP contribution is -2.05. The van der Waals surface area contributed by atoms with Gasteiger partial charge in [-0.3, -0.25) is 0 Å². The molecule has 0 spiro atoms. The molecule has 76 valence electrons. The second-order valence-electron chi connectivity index (χ2n) is 2.73. The lowest BCUT2D eigenvalue weighted by Gasteiger charge is -2.04. The summed E-state index contributed by atoms with van der Waals surface area (Å²) < 4.78 is 4.83. The van der Waals surface area contributed by atoms with E-state index in [9.17, 15) is 4.79 Å². The minimum absolute atomic E-state index is 0.356. The van der Waals surface area contributed by atoms with E-state index in [1.165, 1.54) is 0 Å². The maximum Gasteiger partial charge on any atom is 0.338 e. The molecule has 0 bridgehead atoms. The third-order valence-corrected chi connectivity index (χ3v) is 2.14. The van der Waals surface area contributed by atoms with Crippen molar-refractivity contribution < 1.29 is 9.53 Å². The van der Waals surface area contributed by atoms with Crippen molar-refractivity contribution in [3.05, 3.63) is 34.3 Å². The summed E-state index contributed by atoms with van der Waals surface area (Å²) in [5.74, 6) is -0.363. The van der Waals surface area contributed by atoms with Gasteiger partial charge in [0.05, 0.1) is 12.2 Å². The van der Waals surface area contributed by atoms with Crippen LogP contribution in [0.1, 0.15) is 22.8 Å². The second-order valence-corrected chi connectivity index (χ2v) is 3.14. The summed E-state index contributed by atoms with van der Waals surface area (Å²) >= 11 is 5.89. The summed E-state index contributed by atoms with van der Waals surface area (Å²) in [4.78, 5) is 11.3. The molecule has 2 N–H and O–H groups in total. The molecule has 0 saturated carbocycles. The van der Waals surface area contributed by atoms with E-state index in [0.29, 0.717) is 23.7 Å². The van der Waals surface area contributed by atoms with Gasteiger partial charge in [0, 0.05) is 11.6 Å². The predicted molar refractivity (Wildman–Crippen MR) is 55.3 cm³/mol. The fourth-order valence-corrected chi connectivity index (χ4v) is 1.31. The highest BCUT2D eigenvalue weighted by atomic mass is 35.5. The van der Waals surface area contributed by atoms with Crippen molar-refractivity contribution in [3.8, 4) is 0 Å². The number of rotatable bonds is 3. The molecular formula is C10H12ClNO2. The lowest BCUT2D eigenvalue weighted by atomic mass is 10.1. The Kier molecular flexibility index (Phi) is 3.92. The Balaban J connectivity index is 2.91. The highest BCUT2D eigenvalue weighted by molar-refractivity contribution is 6.31. The van der Waals surface area contributed by atoms with Gasteiger partial charge in [-0.15, -0.1) is 0 Å². The topological polar surface area (TPSA) is 52.3 Å². The molecule has 1 aromatic rings. The normalized spacial score (nSPS) is 9.93. The molecule has 1 aromatic carbocycles. The minimum atomic E-state index is -0.363. The zero-order valence-corrected chi connectivity index (χ0v) is 8.67. The van der Waals surface area contributed by atoms with Gasteiger partial charge >= 0.3 is 5.97 Å². The van der Waals surface area contributed by atoms with Crippen LogP contribution in [0, 0.1) is 0 Å². The van der Waals surface area contributed by atoms with E-state index in [2.05, 4.69) is 0 Å². The van der Waals surface area contributed by atoms with Crippen molar-refractivity contribution in [3.63, 3.8) is 0 Å². The number of esters is 1. The number of ether oxygens (including phenoxy) is 1. The molecule has 0 fully saturated rings. The molecule has 0 amide bonds. The molecule has 0 heterocycles. The Morgan fingerprint density at radius 3 is 2.79 bits per heavy atom. The number of hydrogen-bond donors (Lipinski definition) is 1. The van der Waals surface area contributed by atoms with Crippen LogP contribution in [0.25, 0.3) is 0 Å². The Morgan fingerprint density at radius 1 is 1.57 bits per heavy atom. The standard InChI is InChI=1S/C10H12ClNO2/c1-2-14-10(13)7-3-4-8(6-12)9(11)5-7/h3-5H,2,6,12H2,1H3. The molecule has 0 unspecified atom stereocenters. The lowest BCUT2D eigenvalue weighted by molar-refractivity contribution is 0.0526. The summed E-state index contributed by atoms with van der Waals surface area (Å²) in [5, 5.41) is 0.498. The SMILES string of the molecule is CCOC(=O)c1ccc(CN)c(Cl)c1. The fraction of sp³-hybridized carbons (Fsp3) is 0.300. The van der Waals surface area contributed by atoms with Crippen LogP contribution >= 0.6 is 11.6 Å². The molecule has 0 atom stereocenters. The van der Waals surface area contributed by atoms with Crippen molar-refractivity contribution in [2.45, 2.75) is 13.5 Å². The van der Waals surface area contributed by atoms with E-state index >= 15 is 0 Å². The highest BCUT2D eigenvalue weighted by Crippen LogP contribution is 2.17. The van der Waals surface area contributed by atoms with E-state index in [1.807, 2.05) is 0 Å². The van der Waals surface area contributed by atoms with Crippen LogP contribution in [0.15, 0.2) is 18.2 Å². The smallest absolute Gasteiger partial charge is 0.338 e. The van der Waals surface area contributed by atoms with Crippen molar-refractivity contribution >= 4 is 17.6 Å². The number of hydrogen-bond acceptors (Lipinski definition) is 3. The molecule has 0 aliphatic rings. The summed E-state index contributed by atoms with van der Waals surface area (Å²) in [6.45, 7) is 2.48. The molecule has 0 saturated heterocycles. The molecule has 0 aliphatic heterocycles. The Bertz CT molecular complexity index is 339. The van der Waals surface area contributed by atoms with E-state index in [0.717, 1.165) is 5.56 Å². The van der Waals surface area contributed by atoms with Crippen LogP contribution in [0.3, 0.4) is 0 Å². The van der Waals surface area contributed by atoms with Crippen molar-refractivity contribution in [1.82, 2.24) is 0 Å². The zero-order valence-electron chi connectivity index (χ0n) is 7.92. The number of benzene rings is 1. The van der Waals surface area contributed by atoms with Gasteiger partial charge in [0.2, 0.25) is 0 Å². The van der Waals surface area contributed by atoms with Gasteiger partial charge in [0.15, 0.2) is 0 Å². The molecule has 0 radical (unpaired) electrons. The first kappa shape index (κ1) is 11.0. The van der Waals surface area contributed by atoms with Crippen LogP contribution in [0.2, 0.25) is 5.02 Å². The molecule has 0 aliphatic carbocycles. The van der Waals surface area contributed by atoms with Crippen LogP contribution in [-0.2, 0) is 11.3 Å². The maximum atomic E-state index is 11.3. The first-order valence-corrected chi connectivity index (χ1v) is 4.72. The van der Waals surface area contributed by atoms with Crippen molar-refractivity contribution in [1.29, 1.82) is 0 Å². The molecular weight excluding hydrogens is 202 g/mol. The Hall–Kier alpha value is -1.06. The molecule has 4 heteroatoms. The van der Waals surface area contributed by atoms with E-state index < -0.39 is 0 Å². The van der Waals surface area contributed by atoms with Crippen LogP contribution in [0.4, 0.5) is 0 Å². The quantitative estimate of drug-likeness (QED) is 0.782. The number of carbonyl (C=O) groups excluding carboxylic acids is 1. The van der Waals surface area contributed by atoms with Crippen LogP contribution < -0.4 is 5.73 Å². The third kappa shape index (κ3) is 2.47. The monoisotopic (exact) mass is 213 g/mol. The van der Waals surface area contributed by atoms with E-state index in [-0.39, 0.29) is 5.97 Å². The van der Waals surface area contributed by atoms with Gasteiger partial charge in [-0.2, -0.15) is 0 Å². The number of halogens is 1. The largest absolute Gasteiger partial charge is 0.462 e. The van der Waals surface area contributed by atoms with Gasteiger partial charge in [-0.05, 0) is 24.6 Å². The average Bonchev–Trinajstić information content (AvgIpc) is 2.18. The van der Waals surface area contributed by atoms with Crippen LogP contribution in [0.5, 0.6) is 0 Å². The highest BCUT2D eigenvalue weighted by Gasteiger charge is 2.08. The summed E-state index contributed by atoms with van der Waals surface area (Å²) in [5.41, 5.74) is 6.71. The van der Waals surface area contributed by atoms with Crippen molar-refractivity contribution in [2.24, 2.45) is 5.73 Å². The zero-order chi connectivity index (χ0) is 10.6. The number of carbonyl (C=O) groups is 1. The second kappa shape index (κ2) is 4.98. The summed E-state index contributed by atoms with van der Waals surface area (Å²) in [6, 6.07) is 4.96.